The van der Waals surface area contributed by atoms with Crippen molar-refractivity contribution in [3.8, 4) is 5.75 Å². The van der Waals surface area contributed by atoms with Gasteiger partial charge in [-0.25, -0.2) is 0 Å². The molecule has 1 N–H and O–H groups in total. The zero-order chi connectivity index (χ0) is 14.9. The molecule has 0 aliphatic carbocycles. The molecule has 3 fully saturated rings. The lowest BCUT2D eigenvalue weighted by molar-refractivity contribution is -0.0382. The van der Waals surface area contributed by atoms with Crippen molar-refractivity contribution in [2.24, 2.45) is 11.8 Å². The highest BCUT2D eigenvalue weighted by molar-refractivity contribution is 5.85. The van der Waals surface area contributed by atoms with Crippen LogP contribution in [0.1, 0.15) is 31.2 Å². The fourth-order valence-corrected chi connectivity index (χ4v) is 5.09. The number of fused-ring (bicyclic) bond motifs is 4. The lowest BCUT2D eigenvalue weighted by Gasteiger charge is -2.55. The molecule has 0 radical (unpaired) electrons. The van der Waals surface area contributed by atoms with E-state index in [2.05, 4.69) is 28.4 Å². The van der Waals surface area contributed by atoms with Crippen molar-refractivity contribution in [3.05, 3.63) is 29.8 Å². The Hall–Kier alpha value is -0.480. The van der Waals surface area contributed by atoms with E-state index in [1.165, 1.54) is 57.3 Å². The predicted octanol–water partition coefficient (Wildman–Crippen LogP) is 3.54. The minimum Gasteiger partial charge on any atom is -0.497 e. The SMILES string of the molecule is COc1cccc(C[C@H]2[C@@H]3CNC[C@@H](C3)[C@@H]3CCCCN32)c1.Cl.Cl. The number of hydrogen-bond donors (Lipinski definition) is 1. The molecule has 0 spiro atoms. The molecule has 0 amide bonds. The number of hydrogen-bond acceptors (Lipinski definition) is 3. The van der Waals surface area contributed by atoms with Crippen LogP contribution >= 0.6 is 24.8 Å². The molecule has 136 valence electrons. The molecule has 1 aromatic carbocycles. The summed E-state index contributed by atoms with van der Waals surface area (Å²) in [6.07, 6.45) is 6.83. The molecule has 3 saturated heterocycles. The Morgan fingerprint density at radius 2 is 2.00 bits per heavy atom. The Labute approximate surface area is 158 Å². The van der Waals surface area contributed by atoms with E-state index in [4.69, 9.17) is 4.74 Å². The van der Waals surface area contributed by atoms with Gasteiger partial charge in [0, 0.05) is 12.1 Å². The largest absolute Gasteiger partial charge is 0.497 e. The fraction of sp³-hybridized carbons (Fsp3) is 0.684. The van der Waals surface area contributed by atoms with Crippen LogP contribution < -0.4 is 10.1 Å². The molecule has 1 aromatic rings. The van der Waals surface area contributed by atoms with Crippen LogP contribution in [0.5, 0.6) is 5.75 Å². The molecule has 3 heterocycles. The van der Waals surface area contributed by atoms with Crippen LogP contribution in [0.3, 0.4) is 0 Å². The molecule has 3 aliphatic heterocycles. The maximum atomic E-state index is 5.41. The summed E-state index contributed by atoms with van der Waals surface area (Å²) in [5.74, 6) is 2.70. The number of rotatable bonds is 3. The summed E-state index contributed by atoms with van der Waals surface area (Å²) in [5, 5.41) is 3.71. The first-order valence-corrected chi connectivity index (χ1v) is 8.94. The summed E-state index contributed by atoms with van der Waals surface area (Å²) in [5.41, 5.74) is 1.43. The monoisotopic (exact) mass is 372 g/mol. The van der Waals surface area contributed by atoms with Crippen molar-refractivity contribution in [1.29, 1.82) is 0 Å². The van der Waals surface area contributed by atoms with E-state index in [-0.39, 0.29) is 24.8 Å². The normalized spacial score (nSPS) is 32.0. The Balaban J connectivity index is 0.00000104. The lowest BCUT2D eigenvalue weighted by Crippen LogP contribution is -2.63. The molecular weight excluding hydrogens is 343 g/mol. The summed E-state index contributed by atoms with van der Waals surface area (Å²) in [7, 11) is 1.76. The van der Waals surface area contributed by atoms with Gasteiger partial charge in [-0.1, -0.05) is 18.6 Å². The Bertz CT molecular complexity index is 528. The highest BCUT2D eigenvalue weighted by Gasteiger charge is 2.44. The molecule has 4 atom stereocenters. The molecule has 0 saturated carbocycles. The molecule has 3 aliphatic rings. The second kappa shape index (κ2) is 8.75. The molecule has 3 nitrogen and oxygen atoms in total. The van der Waals surface area contributed by atoms with Gasteiger partial charge in [-0.2, -0.15) is 0 Å². The topological polar surface area (TPSA) is 24.5 Å². The number of nitrogens with one attached hydrogen (secondary N) is 1. The molecule has 0 unspecified atom stereocenters. The fourth-order valence-electron chi connectivity index (χ4n) is 5.09. The van der Waals surface area contributed by atoms with Crippen molar-refractivity contribution >= 4 is 24.8 Å². The van der Waals surface area contributed by atoms with Gasteiger partial charge in [0.05, 0.1) is 7.11 Å². The van der Waals surface area contributed by atoms with Crippen LogP contribution in [0.2, 0.25) is 0 Å². The van der Waals surface area contributed by atoms with Crippen LogP contribution in [0.25, 0.3) is 0 Å². The third-order valence-electron chi connectivity index (χ3n) is 6.10. The summed E-state index contributed by atoms with van der Waals surface area (Å²) < 4.78 is 5.41. The molecule has 2 bridgehead atoms. The quantitative estimate of drug-likeness (QED) is 0.877. The van der Waals surface area contributed by atoms with E-state index in [1.54, 1.807) is 7.11 Å². The third-order valence-corrected chi connectivity index (χ3v) is 6.10. The number of piperidine rings is 3. The molecule has 5 heteroatoms. The summed E-state index contributed by atoms with van der Waals surface area (Å²) in [4.78, 5) is 2.88. The van der Waals surface area contributed by atoms with Gasteiger partial charge in [-0.3, -0.25) is 4.90 Å². The number of ether oxygens (including phenoxy) is 1. The van der Waals surface area contributed by atoms with Crippen LogP contribution in [0.15, 0.2) is 24.3 Å². The third kappa shape index (κ3) is 3.85. The summed E-state index contributed by atoms with van der Waals surface area (Å²) >= 11 is 0. The standard InChI is InChI=1S/C19H28N2O.2ClH/c1-22-17-6-4-5-14(9-17)10-19-16-11-15(12-20-13-16)18-7-2-3-8-21(18)19;;/h4-6,9,15-16,18-20H,2-3,7-8,10-13H2,1H3;2*1H/t15-,16+,18+,19+;;/m1../s1. The van der Waals surface area contributed by atoms with E-state index >= 15 is 0 Å². The van der Waals surface area contributed by atoms with Gasteiger partial charge in [0.1, 0.15) is 5.75 Å². The van der Waals surface area contributed by atoms with E-state index in [0.717, 1.165) is 23.6 Å². The highest BCUT2D eigenvalue weighted by Crippen LogP contribution is 2.40. The minimum absolute atomic E-state index is 0. The zero-order valence-corrected chi connectivity index (χ0v) is 16.1. The Morgan fingerprint density at radius 3 is 2.83 bits per heavy atom. The average molecular weight is 373 g/mol. The second-order valence-electron chi connectivity index (χ2n) is 7.34. The first-order valence-electron chi connectivity index (χ1n) is 8.94. The van der Waals surface area contributed by atoms with Crippen molar-refractivity contribution in [1.82, 2.24) is 10.2 Å². The van der Waals surface area contributed by atoms with Crippen LogP contribution in [-0.4, -0.2) is 43.7 Å². The molecule has 0 aromatic heterocycles. The highest BCUT2D eigenvalue weighted by atomic mass is 35.5. The Morgan fingerprint density at radius 1 is 1.17 bits per heavy atom. The second-order valence-corrected chi connectivity index (χ2v) is 7.34. The van der Waals surface area contributed by atoms with Crippen LogP contribution in [0, 0.1) is 11.8 Å². The minimum atomic E-state index is 0. The molecule has 4 rings (SSSR count). The first-order chi connectivity index (χ1) is 10.8. The summed E-state index contributed by atoms with van der Waals surface area (Å²) in [6, 6.07) is 10.2. The number of methoxy groups -OCH3 is 1. The van der Waals surface area contributed by atoms with Gasteiger partial charge < -0.3 is 10.1 Å². The summed E-state index contributed by atoms with van der Waals surface area (Å²) in [6.45, 7) is 3.75. The van der Waals surface area contributed by atoms with E-state index in [1.807, 2.05) is 6.07 Å². The van der Waals surface area contributed by atoms with E-state index in [9.17, 15) is 0 Å². The lowest BCUT2D eigenvalue weighted by atomic mass is 9.71. The number of halogens is 2. The average Bonchev–Trinajstić information content (AvgIpc) is 2.59. The maximum absolute atomic E-state index is 5.41. The molecular formula is C19H30Cl2N2O. The van der Waals surface area contributed by atoms with E-state index in [0.29, 0.717) is 6.04 Å². The van der Waals surface area contributed by atoms with Crippen LogP contribution in [-0.2, 0) is 6.42 Å². The first kappa shape index (κ1) is 19.8. The van der Waals surface area contributed by atoms with Crippen molar-refractivity contribution in [2.75, 3.05) is 26.7 Å². The maximum Gasteiger partial charge on any atom is 0.119 e. The van der Waals surface area contributed by atoms with Crippen LogP contribution in [0.4, 0.5) is 0 Å². The van der Waals surface area contributed by atoms with Gasteiger partial charge in [0.2, 0.25) is 0 Å². The van der Waals surface area contributed by atoms with Gasteiger partial charge in [-0.05, 0) is 74.8 Å². The Kier molecular flexibility index (Phi) is 7.23. The molecule has 24 heavy (non-hydrogen) atoms. The van der Waals surface area contributed by atoms with Crippen molar-refractivity contribution < 1.29 is 4.74 Å². The smallest absolute Gasteiger partial charge is 0.119 e. The van der Waals surface area contributed by atoms with Gasteiger partial charge in [0.15, 0.2) is 0 Å². The predicted molar refractivity (Wildman–Crippen MR) is 104 cm³/mol. The van der Waals surface area contributed by atoms with Gasteiger partial charge >= 0.3 is 0 Å². The number of benzene rings is 1. The van der Waals surface area contributed by atoms with E-state index < -0.39 is 0 Å². The van der Waals surface area contributed by atoms with Gasteiger partial charge in [0.25, 0.3) is 0 Å². The van der Waals surface area contributed by atoms with Gasteiger partial charge in [-0.15, -0.1) is 24.8 Å². The van der Waals surface area contributed by atoms with Crippen molar-refractivity contribution in [2.45, 2.75) is 44.2 Å². The van der Waals surface area contributed by atoms with Crippen molar-refractivity contribution in [3.63, 3.8) is 0 Å². The zero-order valence-electron chi connectivity index (χ0n) is 14.4. The number of nitrogens with zero attached hydrogens (tertiary/aromatic N) is 1.